The van der Waals surface area contributed by atoms with Gasteiger partial charge < -0.3 is 10.4 Å². The summed E-state index contributed by atoms with van der Waals surface area (Å²) >= 11 is 0. The predicted octanol–water partition coefficient (Wildman–Crippen LogP) is 1.60. The number of aromatic amines is 1. The molecule has 0 aliphatic carbocycles. The van der Waals surface area contributed by atoms with E-state index in [0.717, 1.165) is 11.1 Å². The topological polar surface area (TPSA) is 130 Å². The van der Waals surface area contributed by atoms with Crippen molar-refractivity contribution < 1.29 is 14.3 Å². The molecule has 0 radical (unpaired) electrons. The maximum Gasteiger partial charge on any atom is 0.272 e. The number of rotatable bonds is 6. The number of H-pyrrole nitrogens is 1. The van der Waals surface area contributed by atoms with Gasteiger partial charge in [0.15, 0.2) is 0 Å². The van der Waals surface area contributed by atoms with Gasteiger partial charge in [0.05, 0.1) is 35.8 Å². The Hall–Kier alpha value is -3.67. The van der Waals surface area contributed by atoms with Gasteiger partial charge >= 0.3 is 0 Å². The maximum absolute atomic E-state index is 14.3. The number of aromatic nitrogens is 5. The van der Waals surface area contributed by atoms with E-state index in [1.165, 1.54) is 18.5 Å². The van der Waals surface area contributed by atoms with Crippen molar-refractivity contribution in [2.75, 3.05) is 19.1 Å². The molecule has 0 saturated heterocycles. The number of hydrogen-bond acceptors (Lipinski definition) is 8. The minimum Gasteiger partial charge on any atom is -0.394 e. The Morgan fingerprint density at radius 1 is 1.27 bits per heavy atom. The van der Waals surface area contributed by atoms with Crippen LogP contribution in [-0.2, 0) is 17.9 Å². The fourth-order valence-corrected chi connectivity index (χ4v) is 4.26. The first kappa shape index (κ1) is 21.2. The summed E-state index contributed by atoms with van der Waals surface area (Å²) in [6.07, 6.45) is 0.748. The molecule has 0 spiro atoms. The van der Waals surface area contributed by atoms with Gasteiger partial charge in [-0.2, -0.15) is 10.2 Å². The molecule has 2 unspecified atom stereocenters. The smallest absolute Gasteiger partial charge is 0.272 e. The van der Waals surface area contributed by atoms with E-state index < -0.39 is 23.4 Å². The molecule has 0 bridgehead atoms. The minimum absolute atomic E-state index is 0.137. The molecule has 2 aromatic heterocycles. The molecule has 11 heteroatoms. The van der Waals surface area contributed by atoms with E-state index in [-0.39, 0.29) is 18.5 Å². The molecule has 170 valence electrons. The Morgan fingerprint density at radius 2 is 2.09 bits per heavy atom. The fourth-order valence-electron chi connectivity index (χ4n) is 4.26. The highest BCUT2D eigenvalue weighted by atomic mass is 19.1. The summed E-state index contributed by atoms with van der Waals surface area (Å²) in [5, 5.41) is 24.3. The number of halogens is 1. The molecule has 1 aliphatic heterocycles. The van der Waals surface area contributed by atoms with Crippen LogP contribution in [0.25, 0.3) is 10.8 Å². The van der Waals surface area contributed by atoms with Crippen LogP contribution in [0, 0.1) is 5.82 Å². The summed E-state index contributed by atoms with van der Waals surface area (Å²) in [6, 6.07) is 10.3. The average molecular weight is 451 g/mol. The molecule has 4 N–H and O–H groups in total. The molecule has 4 aromatic rings. The maximum atomic E-state index is 14.3. The zero-order valence-electron chi connectivity index (χ0n) is 17.7. The van der Waals surface area contributed by atoms with E-state index in [0.29, 0.717) is 29.1 Å². The van der Waals surface area contributed by atoms with Crippen molar-refractivity contribution in [2.24, 2.45) is 0 Å². The zero-order valence-corrected chi connectivity index (χ0v) is 17.7. The highest BCUT2D eigenvalue weighted by Gasteiger charge is 2.37. The first-order chi connectivity index (χ1) is 16.1. The van der Waals surface area contributed by atoms with Gasteiger partial charge in [0.2, 0.25) is 0 Å². The third-order valence-corrected chi connectivity index (χ3v) is 5.70. The molecule has 2 atom stereocenters. The van der Waals surface area contributed by atoms with E-state index in [4.69, 9.17) is 4.84 Å². The number of anilines is 1. The van der Waals surface area contributed by atoms with Crippen LogP contribution >= 0.6 is 0 Å². The Morgan fingerprint density at radius 3 is 2.85 bits per heavy atom. The number of benzene rings is 2. The van der Waals surface area contributed by atoms with Gasteiger partial charge in [0.25, 0.3) is 5.56 Å². The lowest BCUT2D eigenvalue weighted by Gasteiger charge is -2.25. The third-order valence-electron chi connectivity index (χ3n) is 5.70. The lowest BCUT2D eigenvalue weighted by molar-refractivity contribution is 0.0841. The SMILES string of the molecule is CNCc1ccc(C2ONc3cc(F)cc4c(=O)[nH]nc(c34)C2c2ncnn2CCO)cc1. The molecule has 10 nitrogen and oxygen atoms in total. The molecule has 3 heterocycles. The van der Waals surface area contributed by atoms with Crippen molar-refractivity contribution >= 4 is 16.5 Å². The summed E-state index contributed by atoms with van der Waals surface area (Å²) in [7, 11) is 1.87. The van der Waals surface area contributed by atoms with E-state index in [1.807, 2.05) is 31.3 Å². The van der Waals surface area contributed by atoms with E-state index in [1.54, 1.807) is 4.68 Å². The lowest BCUT2D eigenvalue weighted by atomic mass is 9.89. The number of hydrogen-bond donors (Lipinski definition) is 4. The van der Waals surface area contributed by atoms with Gasteiger partial charge in [0.1, 0.15) is 24.1 Å². The molecule has 0 amide bonds. The highest BCUT2D eigenvalue weighted by Crippen LogP contribution is 2.44. The van der Waals surface area contributed by atoms with E-state index >= 15 is 0 Å². The molecular weight excluding hydrogens is 429 g/mol. The van der Waals surface area contributed by atoms with Crippen LogP contribution in [0.15, 0.2) is 47.5 Å². The third kappa shape index (κ3) is 3.75. The van der Waals surface area contributed by atoms with E-state index in [9.17, 15) is 14.3 Å². The summed E-state index contributed by atoms with van der Waals surface area (Å²) < 4.78 is 15.9. The first-order valence-corrected chi connectivity index (χ1v) is 10.5. The Balaban J connectivity index is 1.74. The molecule has 5 rings (SSSR count). The number of aliphatic hydroxyl groups excluding tert-OH is 1. The Kier molecular flexibility index (Phi) is 5.58. The second-order valence-electron chi connectivity index (χ2n) is 7.77. The minimum atomic E-state index is -0.646. The standard InChI is InChI=1S/C22H22FN7O3/c1-24-10-12-2-4-13(5-3-12)20-18(21-25-11-26-30(21)6-7-31)19-17-15(22(32)28-27-19)8-14(23)9-16(17)29-33-20/h2-5,8-9,11,18,20,24,29,31H,6-7,10H2,1H3,(H,28,32). The number of nitrogens with one attached hydrogen (secondary N) is 3. The van der Waals surface area contributed by atoms with Crippen LogP contribution < -0.4 is 16.4 Å². The summed E-state index contributed by atoms with van der Waals surface area (Å²) in [5.41, 5.74) is 5.00. The van der Waals surface area contributed by atoms with Gasteiger partial charge in [0, 0.05) is 11.9 Å². The molecule has 33 heavy (non-hydrogen) atoms. The van der Waals surface area contributed by atoms with Crippen LogP contribution in [0.3, 0.4) is 0 Å². The summed E-state index contributed by atoms with van der Waals surface area (Å²) in [5.74, 6) is -0.702. The molecule has 0 saturated carbocycles. The van der Waals surface area contributed by atoms with Gasteiger partial charge in [-0.1, -0.05) is 24.3 Å². The number of aliphatic hydroxyl groups is 1. The largest absolute Gasteiger partial charge is 0.394 e. The van der Waals surface area contributed by atoms with Crippen LogP contribution in [-0.4, -0.2) is 43.7 Å². The second-order valence-corrected chi connectivity index (χ2v) is 7.77. The van der Waals surface area contributed by atoms with Crippen LogP contribution in [0.4, 0.5) is 10.1 Å². The Labute approximate surface area is 187 Å². The van der Waals surface area contributed by atoms with Crippen LogP contribution in [0.1, 0.15) is 34.7 Å². The van der Waals surface area contributed by atoms with Crippen LogP contribution in [0.5, 0.6) is 0 Å². The molecular formula is C22H22FN7O3. The second kappa shape index (κ2) is 8.70. The number of nitrogens with zero attached hydrogens (tertiary/aromatic N) is 4. The summed E-state index contributed by atoms with van der Waals surface area (Å²) in [6.45, 7) is 0.794. The Bertz CT molecular complexity index is 1350. The van der Waals surface area contributed by atoms with Crippen molar-refractivity contribution in [3.05, 3.63) is 81.5 Å². The van der Waals surface area contributed by atoms with Gasteiger partial charge in [-0.25, -0.2) is 19.2 Å². The zero-order chi connectivity index (χ0) is 22.9. The molecule has 0 fully saturated rings. The fraction of sp³-hybridized carbons (Fsp3) is 0.273. The average Bonchev–Trinajstić information content (AvgIpc) is 3.19. The summed E-state index contributed by atoms with van der Waals surface area (Å²) in [4.78, 5) is 23.0. The first-order valence-electron chi connectivity index (χ1n) is 10.5. The van der Waals surface area contributed by atoms with E-state index in [2.05, 4.69) is 31.1 Å². The van der Waals surface area contributed by atoms with Crippen molar-refractivity contribution in [1.29, 1.82) is 0 Å². The van der Waals surface area contributed by atoms with Crippen molar-refractivity contribution in [3.8, 4) is 0 Å². The predicted molar refractivity (Wildman–Crippen MR) is 118 cm³/mol. The van der Waals surface area contributed by atoms with Crippen molar-refractivity contribution in [2.45, 2.75) is 25.1 Å². The monoisotopic (exact) mass is 451 g/mol. The molecule has 2 aromatic carbocycles. The van der Waals surface area contributed by atoms with Crippen molar-refractivity contribution in [3.63, 3.8) is 0 Å². The normalized spacial score (nSPS) is 17.7. The molecule has 1 aliphatic rings. The van der Waals surface area contributed by atoms with Gasteiger partial charge in [-0.15, -0.1) is 0 Å². The highest BCUT2D eigenvalue weighted by molar-refractivity contribution is 5.95. The van der Waals surface area contributed by atoms with Crippen molar-refractivity contribution in [1.82, 2.24) is 30.3 Å². The quantitative estimate of drug-likeness (QED) is 0.348. The van der Waals surface area contributed by atoms with Gasteiger partial charge in [-0.3, -0.25) is 15.1 Å². The lowest BCUT2D eigenvalue weighted by Crippen LogP contribution is -2.23. The van der Waals surface area contributed by atoms with Gasteiger partial charge in [-0.05, 0) is 30.3 Å². The van der Waals surface area contributed by atoms with Crippen LogP contribution in [0.2, 0.25) is 0 Å².